The van der Waals surface area contributed by atoms with Crippen molar-refractivity contribution in [3.63, 3.8) is 0 Å². The van der Waals surface area contributed by atoms with E-state index < -0.39 is 58.8 Å². The second kappa shape index (κ2) is 20.0. The summed E-state index contributed by atoms with van der Waals surface area (Å²) in [6.07, 6.45) is -0.452. The van der Waals surface area contributed by atoms with E-state index in [1.807, 2.05) is 0 Å². The van der Waals surface area contributed by atoms with Crippen LogP contribution in [0.5, 0.6) is 0 Å². The normalized spacial score (nSPS) is 17.3. The molecule has 1 aromatic rings. The van der Waals surface area contributed by atoms with Crippen LogP contribution in [0.4, 0.5) is 14.7 Å². The molecule has 2 aliphatic heterocycles. The summed E-state index contributed by atoms with van der Waals surface area (Å²) in [4.78, 5) is 101. The van der Waals surface area contributed by atoms with Gasteiger partial charge in [-0.25, -0.2) is 19.4 Å². The number of oxime groups is 1. The first-order valence-corrected chi connectivity index (χ1v) is 19.0. The minimum atomic E-state index is -1.13. The molecule has 1 aromatic heterocycles. The number of ether oxygens (including phenoxy) is 5. The second-order valence-corrected chi connectivity index (χ2v) is 15.1. The van der Waals surface area contributed by atoms with Crippen molar-refractivity contribution in [2.75, 3.05) is 51.8 Å². The highest BCUT2D eigenvalue weighted by Crippen LogP contribution is 2.41. The third-order valence-corrected chi connectivity index (χ3v) is 10.3. The molecule has 3 amide bonds. The van der Waals surface area contributed by atoms with Crippen LogP contribution < -0.4 is 11.1 Å². The lowest BCUT2D eigenvalue weighted by Crippen LogP contribution is -2.71. The molecule has 2 atom stereocenters. The van der Waals surface area contributed by atoms with Crippen LogP contribution in [0.2, 0.25) is 0 Å². The second-order valence-electron chi connectivity index (χ2n) is 12.0. The molecule has 0 spiro atoms. The van der Waals surface area contributed by atoms with Crippen LogP contribution >= 0.6 is 34.9 Å². The number of thiazole rings is 1. The number of aromatic nitrogens is 1. The number of amides is 3. The molecule has 1 fully saturated rings. The van der Waals surface area contributed by atoms with Gasteiger partial charge in [-0.1, -0.05) is 5.16 Å². The third-order valence-electron chi connectivity index (χ3n) is 7.28. The smallest absolute Gasteiger partial charge is 0.458 e. The van der Waals surface area contributed by atoms with Crippen LogP contribution in [0.15, 0.2) is 32.4 Å². The number of nitrogens with two attached hydrogens (primary N) is 1. The quantitative estimate of drug-likeness (QED) is 0.0437. The van der Waals surface area contributed by atoms with Crippen LogP contribution in [-0.2, 0) is 52.5 Å². The van der Waals surface area contributed by atoms with E-state index in [4.69, 9.17) is 34.3 Å². The standard InChI is InChI=1S/C32H42N6O13S3/c1-8-47-30(44)49-11-10-20(54-31(45)48-9-2)17(3)37(15-39)12-18-13-52-26-22(35-24(40)21(36-46-7)19-14-53-29(33)34-19)25(41)38(26)23(18)27(42)50-16-51-28(43)32(4,5)6/h14-15,22,26H,8-13,16H2,1-7H3,(H2,33,34)(H,35,40)/b20-17-,36-21-/t22-,26-/m1/s1. The highest BCUT2D eigenvalue weighted by Gasteiger charge is 2.55. The number of nitrogens with one attached hydrogen (secondary N) is 1. The zero-order valence-electron chi connectivity index (χ0n) is 30.7. The number of carbonyl (C=O) groups is 7. The predicted octanol–water partition coefficient (Wildman–Crippen LogP) is 2.96. The first-order chi connectivity index (χ1) is 25.6. The third kappa shape index (κ3) is 11.3. The van der Waals surface area contributed by atoms with Crippen molar-refractivity contribution in [3.05, 3.63) is 32.9 Å². The number of anilines is 1. The zero-order valence-corrected chi connectivity index (χ0v) is 33.1. The fraction of sp³-hybridized carbons (Fsp3) is 0.531. The molecule has 3 N–H and O–H groups in total. The average Bonchev–Trinajstić information content (AvgIpc) is 3.55. The molecular formula is C32H42N6O13S3. The summed E-state index contributed by atoms with van der Waals surface area (Å²) in [5.41, 5.74) is 4.99. The molecule has 0 aromatic carbocycles. The monoisotopic (exact) mass is 814 g/mol. The van der Waals surface area contributed by atoms with E-state index in [1.54, 1.807) is 41.5 Å². The molecule has 0 unspecified atom stereocenters. The maximum atomic E-state index is 13.7. The number of hydrogen-bond donors (Lipinski definition) is 2. The van der Waals surface area contributed by atoms with Gasteiger partial charge in [0.1, 0.15) is 29.9 Å². The average molecular weight is 815 g/mol. The Kier molecular flexibility index (Phi) is 16.2. The molecule has 3 rings (SSSR count). The fourth-order valence-electron chi connectivity index (χ4n) is 4.66. The van der Waals surface area contributed by atoms with Gasteiger partial charge >= 0.3 is 23.4 Å². The minimum Gasteiger partial charge on any atom is -0.458 e. The minimum absolute atomic E-state index is 0.00374. The molecule has 296 valence electrons. The lowest BCUT2D eigenvalue weighted by atomic mass is 9.98. The number of nitrogen functional groups attached to an aromatic ring is 1. The van der Waals surface area contributed by atoms with Gasteiger partial charge in [0.2, 0.25) is 13.2 Å². The maximum absolute atomic E-state index is 13.7. The number of nitrogens with zero attached hydrogens (tertiary/aromatic N) is 4. The van der Waals surface area contributed by atoms with Gasteiger partial charge in [0.05, 0.1) is 25.2 Å². The molecule has 0 radical (unpaired) electrons. The van der Waals surface area contributed by atoms with Gasteiger partial charge in [0.25, 0.3) is 11.8 Å². The van der Waals surface area contributed by atoms with Crippen molar-refractivity contribution < 1.29 is 62.1 Å². The van der Waals surface area contributed by atoms with Crippen molar-refractivity contribution in [2.24, 2.45) is 10.6 Å². The molecule has 22 heteroatoms. The number of hydrogen-bond acceptors (Lipinski definition) is 19. The van der Waals surface area contributed by atoms with Crippen LogP contribution in [-0.4, -0.2) is 120 Å². The lowest BCUT2D eigenvalue weighted by molar-refractivity contribution is -0.173. The number of fused-ring (bicyclic) bond motifs is 1. The molecule has 0 bridgehead atoms. The van der Waals surface area contributed by atoms with Crippen LogP contribution in [0, 0.1) is 5.41 Å². The van der Waals surface area contributed by atoms with Gasteiger partial charge < -0.3 is 44.5 Å². The van der Waals surface area contributed by atoms with E-state index >= 15 is 0 Å². The number of β-lactam (4-membered cyclic amide) rings is 1. The summed E-state index contributed by atoms with van der Waals surface area (Å²) >= 11 is 2.94. The maximum Gasteiger partial charge on any atom is 0.508 e. The molecule has 19 nitrogen and oxygen atoms in total. The molecule has 2 aliphatic rings. The highest BCUT2D eigenvalue weighted by molar-refractivity contribution is 8.16. The van der Waals surface area contributed by atoms with Gasteiger partial charge in [-0.3, -0.25) is 24.1 Å². The van der Waals surface area contributed by atoms with Crippen molar-refractivity contribution in [3.8, 4) is 0 Å². The summed E-state index contributed by atoms with van der Waals surface area (Å²) in [6, 6.07) is -1.13. The first-order valence-electron chi connectivity index (χ1n) is 16.3. The molecule has 1 saturated heterocycles. The highest BCUT2D eigenvalue weighted by atomic mass is 32.2. The van der Waals surface area contributed by atoms with Gasteiger partial charge in [0.15, 0.2) is 10.8 Å². The van der Waals surface area contributed by atoms with Gasteiger partial charge in [-0.2, -0.15) is 0 Å². The molecule has 3 heterocycles. The van der Waals surface area contributed by atoms with Crippen LogP contribution in [0.3, 0.4) is 0 Å². The van der Waals surface area contributed by atoms with Gasteiger partial charge in [0, 0.05) is 34.7 Å². The number of allylic oxidation sites excluding steroid dienone is 1. The number of carbonyl (C=O) groups excluding carboxylic acids is 7. The Morgan fingerprint density at radius 1 is 1.13 bits per heavy atom. The van der Waals surface area contributed by atoms with Gasteiger partial charge in [-0.05, 0) is 58.9 Å². The Hall–Kier alpha value is -4.83. The molecule has 0 saturated carbocycles. The van der Waals surface area contributed by atoms with E-state index in [9.17, 15) is 33.6 Å². The Bertz CT molecular complexity index is 1700. The van der Waals surface area contributed by atoms with Crippen LogP contribution in [0.25, 0.3) is 0 Å². The number of thioether (sulfide) groups is 2. The fourth-order valence-corrected chi connectivity index (χ4v) is 7.37. The SMILES string of the molecule is CCOC(=O)OCC/C(SC(=O)OCC)=C(\C)N(C=O)CC1=C(C(=O)OCOC(=O)C(C)(C)C)N2C(=O)[C@@H](NC(=O)/C(=N\OC)c3csc(N)n3)[C@H]2SC1. The Balaban J connectivity index is 1.95. The van der Waals surface area contributed by atoms with Gasteiger partial charge in [-0.15, -0.1) is 23.1 Å². The Morgan fingerprint density at radius 3 is 2.43 bits per heavy atom. The topological polar surface area (TPSA) is 245 Å². The zero-order chi connectivity index (χ0) is 40.2. The summed E-state index contributed by atoms with van der Waals surface area (Å²) < 4.78 is 25.3. The van der Waals surface area contributed by atoms with Crippen LogP contribution in [0.1, 0.15) is 53.7 Å². The molecule has 54 heavy (non-hydrogen) atoms. The Labute approximate surface area is 323 Å². The first kappa shape index (κ1) is 43.6. The molecular weight excluding hydrogens is 773 g/mol. The van der Waals surface area contributed by atoms with Crippen molar-refractivity contribution in [1.82, 2.24) is 20.1 Å². The van der Waals surface area contributed by atoms with Crippen molar-refractivity contribution >= 4 is 87.3 Å². The predicted molar refractivity (Wildman–Crippen MR) is 196 cm³/mol. The van der Waals surface area contributed by atoms with E-state index in [1.165, 1.54) is 29.2 Å². The summed E-state index contributed by atoms with van der Waals surface area (Å²) in [6.45, 7) is 8.56. The van der Waals surface area contributed by atoms with E-state index in [0.29, 0.717) is 23.1 Å². The molecule has 0 aliphatic carbocycles. The lowest BCUT2D eigenvalue weighted by Gasteiger charge is -2.50. The van der Waals surface area contributed by atoms with Crippen molar-refractivity contribution in [1.29, 1.82) is 0 Å². The van der Waals surface area contributed by atoms with E-state index in [0.717, 1.165) is 16.2 Å². The number of rotatable bonds is 17. The number of esters is 2. The van der Waals surface area contributed by atoms with E-state index in [2.05, 4.69) is 15.5 Å². The summed E-state index contributed by atoms with van der Waals surface area (Å²) in [7, 11) is 1.23. The summed E-state index contributed by atoms with van der Waals surface area (Å²) in [5, 5.41) is 6.54. The van der Waals surface area contributed by atoms with Crippen molar-refractivity contribution in [2.45, 2.75) is 59.4 Å². The largest absolute Gasteiger partial charge is 0.508 e. The van der Waals surface area contributed by atoms with E-state index in [-0.39, 0.29) is 72.0 Å². The Morgan fingerprint density at radius 2 is 1.83 bits per heavy atom. The summed E-state index contributed by atoms with van der Waals surface area (Å²) in [5.74, 6) is -3.10.